The number of aryl methyl sites for hydroxylation is 1. The highest BCUT2D eigenvalue weighted by atomic mass is 31.3. The largest absolute Gasteiger partial charge is 0.756 e. The van der Waals surface area contributed by atoms with E-state index < -0.39 is 52.2 Å². The van der Waals surface area contributed by atoms with Gasteiger partial charge in [0, 0.05) is 5.92 Å². The molecule has 17 nitrogen and oxygen atoms in total. The summed E-state index contributed by atoms with van der Waals surface area (Å²) >= 11 is 0. The summed E-state index contributed by atoms with van der Waals surface area (Å²) in [6.45, 7) is -0.779. The zero-order valence-corrected chi connectivity index (χ0v) is 18.5. The second-order valence-electron chi connectivity index (χ2n) is 6.85. The number of nitrogens with zero attached hydrogens (tertiary/aromatic N) is 3. The molecule has 3 rings (SSSR count). The molecule has 3 heterocycles. The zero-order chi connectivity index (χ0) is 24.6. The number of nitrogens with two attached hydrogens (primary N) is 1. The highest BCUT2D eigenvalue weighted by Crippen LogP contribution is 2.55. The standard InChI is InChI=1S/C14H20N6O11P2/c1-19-6-20(11-9(19)12(23)18-14(15)17-11)13-10(22)7(2-3-16-5-21)8(30-13)4-29-33(27,28)31-32(24,25)26/h2-3,5-8,10,13,22H,4H2,1H3,(H6-,15,16,17,18,21,23,24,25,26,27,28)/b3-2+/t7-,8-,10-,13-/m1/s1. The topological polar surface area (TPSA) is 255 Å². The number of hydrogen-bond donors (Lipinski definition) is 6. The van der Waals surface area contributed by atoms with Crippen LogP contribution in [0.15, 0.2) is 23.4 Å². The summed E-state index contributed by atoms with van der Waals surface area (Å²) < 4.78 is 39.1. The first-order chi connectivity index (χ1) is 15.3. The average Bonchev–Trinajstić information content (AvgIpc) is 3.15. The number of carbonyl (C=O) groups is 1. The fourth-order valence-corrected chi connectivity index (χ4v) is 4.93. The number of aromatic nitrogens is 4. The molecule has 2 unspecified atom stereocenters. The Bertz CT molecular complexity index is 1220. The second-order valence-corrected chi connectivity index (χ2v) is 9.63. The Morgan fingerprint density at radius 1 is 1.48 bits per heavy atom. The van der Waals surface area contributed by atoms with Gasteiger partial charge in [0.2, 0.25) is 18.2 Å². The minimum absolute atomic E-state index is 0.0573. The molecule has 2 aromatic heterocycles. The Morgan fingerprint density at radius 2 is 2.18 bits per heavy atom. The Labute approximate surface area is 184 Å². The van der Waals surface area contributed by atoms with E-state index in [-0.39, 0.29) is 17.1 Å². The maximum atomic E-state index is 12.2. The molecular weight excluding hydrogens is 490 g/mol. The van der Waals surface area contributed by atoms with Gasteiger partial charge in [0.05, 0.1) is 19.8 Å². The van der Waals surface area contributed by atoms with Crippen LogP contribution in [0.2, 0.25) is 0 Å². The maximum Gasteiger partial charge on any atom is 0.478 e. The van der Waals surface area contributed by atoms with E-state index in [0.717, 1.165) is 0 Å². The van der Waals surface area contributed by atoms with Crippen molar-refractivity contribution in [1.82, 2.24) is 19.9 Å². The number of imidazole rings is 1. The van der Waals surface area contributed by atoms with Crippen molar-refractivity contribution in [2.45, 2.75) is 18.4 Å². The summed E-state index contributed by atoms with van der Waals surface area (Å²) in [7, 11) is -9.31. The summed E-state index contributed by atoms with van der Waals surface area (Å²) in [5.74, 6) is -1.17. The number of rotatable bonds is 9. The molecule has 7 N–H and O–H groups in total. The molecule has 1 aliphatic heterocycles. The Hall–Kier alpha value is -2.46. The number of phosphoric acid groups is 2. The van der Waals surface area contributed by atoms with E-state index in [4.69, 9.17) is 15.4 Å². The number of hydrogen-bond acceptors (Lipinski definition) is 11. The molecule has 0 spiro atoms. The van der Waals surface area contributed by atoms with E-state index in [2.05, 4.69) is 24.1 Å². The van der Waals surface area contributed by atoms with Gasteiger partial charge in [-0.15, -0.1) is 0 Å². The third kappa shape index (κ3) is 5.73. The van der Waals surface area contributed by atoms with Gasteiger partial charge in [0.15, 0.2) is 6.33 Å². The van der Waals surface area contributed by atoms with Gasteiger partial charge in [0.25, 0.3) is 19.3 Å². The number of anilines is 1. The van der Waals surface area contributed by atoms with Gasteiger partial charge in [0.1, 0.15) is 6.10 Å². The Balaban J connectivity index is 1.93. The number of nitrogens with one attached hydrogen (secondary N) is 2. The quantitative estimate of drug-likeness (QED) is 0.111. The third-order valence-electron chi connectivity index (χ3n) is 4.58. The molecule has 2 aromatic rings. The molecule has 33 heavy (non-hydrogen) atoms. The lowest BCUT2D eigenvalue weighted by Crippen LogP contribution is -2.45. The number of carbonyl (C=O) groups excluding carboxylic acids is 1. The highest BCUT2D eigenvalue weighted by molar-refractivity contribution is 7.60. The molecule has 0 radical (unpaired) electrons. The van der Waals surface area contributed by atoms with Gasteiger partial charge < -0.3 is 35.6 Å². The number of phosphoric ester groups is 1. The molecule has 0 aromatic carbocycles. The van der Waals surface area contributed by atoms with E-state index in [1.807, 2.05) is 0 Å². The molecule has 19 heteroatoms. The van der Waals surface area contributed by atoms with Crippen LogP contribution in [0.25, 0.3) is 11.2 Å². The molecule has 6 atom stereocenters. The molecule has 1 fully saturated rings. The maximum absolute atomic E-state index is 12.2. The first kappa shape index (κ1) is 25.2. The number of aromatic amines is 1. The van der Waals surface area contributed by atoms with Crippen LogP contribution >= 0.6 is 15.6 Å². The lowest BCUT2D eigenvalue weighted by Gasteiger charge is -2.21. The number of nitrogen functional groups attached to an aromatic ring is 1. The molecule has 1 saturated heterocycles. The monoisotopic (exact) mass is 510 g/mol. The predicted octanol–water partition coefficient (Wildman–Crippen LogP) is -3.14. The van der Waals surface area contributed by atoms with Crippen molar-refractivity contribution in [3.05, 3.63) is 29.0 Å². The van der Waals surface area contributed by atoms with Crippen LogP contribution in [0.3, 0.4) is 0 Å². The lowest BCUT2D eigenvalue weighted by molar-refractivity contribution is -0.745. The number of aliphatic hydroxyl groups is 1. The van der Waals surface area contributed by atoms with Gasteiger partial charge in [-0.3, -0.25) is 28.2 Å². The van der Waals surface area contributed by atoms with Crippen LogP contribution < -0.4 is 26.1 Å². The van der Waals surface area contributed by atoms with Crippen molar-refractivity contribution < 1.29 is 51.8 Å². The normalized spacial score (nSPS) is 26.9. The molecule has 0 aliphatic carbocycles. The number of aliphatic hydroxyl groups excluding tert-OH is 1. The highest BCUT2D eigenvalue weighted by Gasteiger charge is 2.47. The first-order valence-corrected chi connectivity index (χ1v) is 12.0. The summed E-state index contributed by atoms with van der Waals surface area (Å²) in [5, 5.41) is 13.1. The minimum atomic E-state index is -5.59. The Kier molecular flexibility index (Phi) is 7.18. The Morgan fingerprint density at radius 3 is 2.82 bits per heavy atom. The summed E-state index contributed by atoms with van der Waals surface area (Å²) in [5.41, 5.74) is 5.22. The molecule has 0 bridgehead atoms. The van der Waals surface area contributed by atoms with Gasteiger partial charge in [-0.2, -0.15) is 0 Å². The average molecular weight is 510 g/mol. The fourth-order valence-electron chi connectivity index (χ4n) is 3.36. The molecule has 1 amide bonds. The van der Waals surface area contributed by atoms with Crippen molar-refractivity contribution in [3.8, 4) is 0 Å². The number of H-pyrrole nitrogens is 1. The number of amides is 1. The number of ether oxygens (including phenoxy) is 1. The molecule has 182 valence electrons. The molecule has 1 aliphatic rings. The fraction of sp³-hybridized carbons (Fsp3) is 0.429. The zero-order valence-electron chi connectivity index (χ0n) is 16.7. The van der Waals surface area contributed by atoms with E-state index in [1.165, 1.54) is 34.8 Å². The van der Waals surface area contributed by atoms with Crippen LogP contribution in [0.1, 0.15) is 6.23 Å². The number of fused-ring (bicyclic) bond motifs is 1. The van der Waals surface area contributed by atoms with Crippen molar-refractivity contribution in [2.24, 2.45) is 13.0 Å². The first-order valence-electron chi connectivity index (χ1n) is 9.01. The summed E-state index contributed by atoms with van der Waals surface area (Å²) in [4.78, 5) is 58.0. The minimum Gasteiger partial charge on any atom is -0.756 e. The van der Waals surface area contributed by atoms with Crippen LogP contribution in [0.5, 0.6) is 0 Å². The van der Waals surface area contributed by atoms with Crippen LogP contribution in [-0.4, -0.2) is 54.7 Å². The predicted molar refractivity (Wildman–Crippen MR) is 104 cm³/mol. The van der Waals surface area contributed by atoms with E-state index >= 15 is 0 Å². The van der Waals surface area contributed by atoms with E-state index in [9.17, 15) is 33.6 Å². The molecule has 0 saturated carbocycles. The van der Waals surface area contributed by atoms with Crippen molar-refractivity contribution >= 4 is 39.2 Å². The summed E-state index contributed by atoms with van der Waals surface area (Å²) in [6, 6.07) is 0. The van der Waals surface area contributed by atoms with Gasteiger partial charge in [-0.25, -0.2) is 13.4 Å². The SMILES string of the molecule is Cn1c[n+]([C@@H]2O[C@H](COP(=O)(O)OP(=O)([O-])O)[C@@H](/C=C/NC=O)[C@H]2O)c2nc(N)[nH]c(=O)c21. The van der Waals surface area contributed by atoms with E-state index in [0.29, 0.717) is 6.41 Å². The van der Waals surface area contributed by atoms with Crippen molar-refractivity contribution in [1.29, 1.82) is 0 Å². The van der Waals surface area contributed by atoms with Gasteiger partial charge in [-0.1, -0.05) is 11.1 Å². The van der Waals surface area contributed by atoms with Crippen LogP contribution in [0, 0.1) is 5.92 Å². The van der Waals surface area contributed by atoms with Gasteiger partial charge >= 0.3 is 13.5 Å². The third-order valence-corrected chi connectivity index (χ3v) is 6.71. The van der Waals surface area contributed by atoms with Crippen molar-refractivity contribution in [3.63, 3.8) is 0 Å². The van der Waals surface area contributed by atoms with Gasteiger partial charge in [-0.05, 0) is 6.20 Å². The van der Waals surface area contributed by atoms with Crippen LogP contribution in [0.4, 0.5) is 5.95 Å². The second kappa shape index (κ2) is 9.42. The molecular formula is C14H20N6O11P2. The smallest absolute Gasteiger partial charge is 0.478 e. The van der Waals surface area contributed by atoms with Crippen molar-refractivity contribution in [2.75, 3.05) is 12.3 Å². The lowest BCUT2D eigenvalue weighted by atomic mass is 9.98. The van der Waals surface area contributed by atoms with E-state index in [1.54, 1.807) is 0 Å². The van der Waals surface area contributed by atoms with Crippen LogP contribution in [-0.2, 0) is 34.5 Å². The summed E-state index contributed by atoms with van der Waals surface area (Å²) in [6.07, 6.45) is 0.443.